The molecule has 1 aromatic carbocycles. The lowest BCUT2D eigenvalue weighted by Crippen LogP contribution is -2.18. The lowest BCUT2D eigenvalue weighted by Gasteiger charge is -2.14. The van der Waals surface area contributed by atoms with Crippen LogP contribution in [-0.2, 0) is 0 Å². The van der Waals surface area contributed by atoms with E-state index in [-0.39, 0.29) is 11.8 Å². The lowest BCUT2D eigenvalue weighted by molar-refractivity contribution is -0.275. The van der Waals surface area contributed by atoms with Gasteiger partial charge in [-0.25, -0.2) is 4.79 Å². The number of aldehydes is 1. The molecule has 0 unspecified atom stereocenters. The summed E-state index contributed by atoms with van der Waals surface area (Å²) < 4.78 is 44.5. The van der Waals surface area contributed by atoms with Crippen LogP contribution in [0.2, 0.25) is 0 Å². The van der Waals surface area contributed by atoms with Gasteiger partial charge >= 0.3 is 12.3 Å². The monoisotopic (exact) mass is 264 g/mol. The molecular formula is C10H7F3O5. The summed E-state index contributed by atoms with van der Waals surface area (Å²) in [7, 11) is 1.03. The predicted molar refractivity (Wildman–Crippen MR) is 52.0 cm³/mol. The molecule has 0 radical (unpaired) electrons. The Morgan fingerprint density at radius 2 is 2.00 bits per heavy atom. The smallest absolute Gasteiger partial charge is 0.492 e. The highest BCUT2D eigenvalue weighted by Crippen LogP contribution is 2.35. The van der Waals surface area contributed by atoms with Crippen molar-refractivity contribution in [2.24, 2.45) is 0 Å². The van der Waals surface area contributed by atoms with Crippen molar-refractivity contribution < 1.29 is 37.3 Å². The Morgan fingerprint density at radius 1 is 1.39 bits per heavy atom. The molecule has 0 spiro atoms. The molecule has 0 aromatic heterocycles. The number of methoxy groups -OCH3 is 1. The molecule has 8 heteroatoms. The Hall–Kier alpha value is -2.25. The summed E-state index contributed by atoms with van der Waals surface area (Å²) in [4.78, 5) is 21.4. The Kier molecular flexibility index (Phi) is 3.79. The van der Waals surface area contributed by atoms with Gasteiger partial charge in [-0.3, -0.25) is 4.79 Å². The second kappa shape index (κ2) is 4.94. The Labute approximate surface area is 98.7 Å². The standard InChI is InChI=1S/C10H7F3O5/c1-17-8-6(4-14)2-5(9(15)16)3-7(8)18-10(11,12)13/h2-4H,1H3,(H,15,16). The molecule has 0 fully saturated rings. The fraction of sp³-hybridized carbons (Fsp3) is 0.200. The van der Waals surface area contributed by atoms with Crippen LogP contribution in [0, 0.1) is 0 Å². The topological polar surface area (TPSA) is 72.8 Å². The zero-order valence-electron chi connectivity index (χ0n) is 8.95. The molecule has 5 nitrogen and oxygen atoms in total. The van der Waals surface area contributed by atoms with Crippen LogP contribution in [0.3, 0.4) is 0 Å². The minimum Gasteiger partial charge on any atom is -0.492 e. The van der Waals surface area contributed by atoms with Gasteiger partial charge in [0.1, 0.15) is 0 Å². The predicted octanol–water partition coefficient (Wildman–Crippen LogP) is 2.10. The van der Waals surface area contributed by atoms with Crippen LogP contribution < -0.4 is 9.47 Å². The number of hydrogen-bond donors (Lipinski definition) is 1. The first kappa shape index (κ1) is 13.8. The zero-order chi connectivity index (χ0) is 13.9. The summed E-state index contributed by atoms with van der Waals surface area (Å²) >= 11 is 0. The minimum absolute atomic E-state index is 0.175. The number of halogens is 3. The second-order valence-corrected chi connectivity index (χ2v) is 3.07. The van der Waals surface area contributed by atoms with Crippen LogP contribution in [-0.4, -0.2) is 30.8 Å². The number of aromatic carboxylic acids is 1. The van der Waals surface area contributed by atoms with Gasteiger partial charge in [0.2, 0.25) is 0 Å². The molecule has 0 aliphatic carbocycles. The largest absolute Gasteiger partial charge is 0.573 e. The molecule has 0 heterocycles. The molecule has 0 saturated heterocycles. The lowest BCUT2D eigenvalue weighted by atomic mass is 10.1. The maximum absolute atomic E-state index is 12.1. The molecule has 0 atom stereocenters. The molecule has 1 rings (SSSR count). The summed E-state index contributed by atoms with van der Waals surface area (Å²) in [6, 6.07) is 1.51. The van der Waals surface area contributed by atoms with Crippen LogP contribution >= 0.6 is 0 Å². The van der Waals surface area contributed by atoms with Crippen LogP contribution in [0.4, 0.5) is 13.2 Å². The van der Waals surface area contributed by atoms with E-state index in [0.717, 1.165) is 13.2 Å². The first-order valence-corrected chi connectivity index (χ1v) is 4.44. The summed E-state index contributed by atoms with van der Waals surface area (Å²) in [6.45, 7) is 0. The van der Waals surface area contributed by atoms with Crippen molar-refractivity contribution in [3.63, 3.8) is 0 Å². The van der Waals surface area contributed by atoms with Crippen molar-refractivity contribution in [2.75, 3.05) is 7.11 Å². The van der Waals surface area contributed by atoms with Crippen molar-refractivity contribution in [3.8, 4) is 11.5 Å². The number of carboxylic acids is 1. The first-order valence-electron chi connectivity index (χ1n) is 4.44. The number of carboxylic acid groups (broad SMARTS) is 1. The van der Waals surface area contributed by atoms with E-state index >= 15 is 0 Å². The third-order valence-corrected chi connectivity index (χ3v) is 1.89. The van der Waals surface area contributed by atoms with E-state index in [1.165, 1.54) is 0 Å². The number of hydrogen-bond acceptors (Lipinski definition) is 4. The van der Waals surface area contributed by atoms with Gasteiger partial charge in [0.05, 0.1) is 18.2 Å². The van der Waals surface area contributed by atoms with E-state index in [9.17, 15) is 22.8 Å². The highest BCUT2D eigenvalue weighted by atomic mass is 19.4. The molecule has 0 amide bonds. The van der Waals surface area contributed by atoms with Gasteiger partial charge in [0.15, 0.2) is 17.8 Å². The third kappa shape index (κ3) is 3.12. The SMILES string of the molecule is COc1c(C=O)cc(C(=O)O)cc1OC(F)(F)F. The summed E-state index contributed by atoms with van der Waals surface area (Å²) in [6.07, 6.45) is -4.85. The number of carbonyl (C=O) groups excluding carboxylic acids is 1. The van der Waals surface area contributed by atoms with Gasteiger partial charge in [-0.05, 0) is 12.1 Å². The van der Waals surface area contributed by atoms with Crippen molar-refractivity contribution >= 4 is 12.3 Å². The van der Waals surface area contributed by atoms with Crippen LogP contribution in [0.25, 0.3) is 0 Å². The van der Waals surface area contributed by atoms with Crippen LogP contribution in [0.5, 0.6) is 11.5 Å². The van der Waals surface area contributed by atoms with E-state index < -0.39 is 29.4 Å². The van der Waals surface area contributed by atoms with E-state index in [0.29, 0.717) is 6.07 Å². The van der Waals surface area contributed by atoms with Gasteiger partial charge in [0, 0.05) is 0 Å². The van der Waals surface area contributed by atoms with Crippen molar-refractivity contribution in [2.45, 2.75) is 6.36 Å². The van der Waals surface area contributed by atoms with Gasteiger partial charge < -0.3 is 14.6 Å². The Balaban J connectivity index is 3.40. The van der Waals surface area contributed by atoms with Gasteiger partial charge in [-0.1, -0.05) is 0 Å². The van der Waals surface area contributed by atoms with E-state index in [1.807, 2.05) is 0 Å². The zero-order valence-corrected chi connectivity index (χ0v) is 8.95. The normalized spacial score (nSPS) is 10.9. The van der Waals surface area contributed by atoms with Crippen LogP contribution in [0.1, 0.15) is 20.7 Å². The maximum Gasteiger partial charge on any atom is 0.573 e. The summed E-state index contributed by atoms with van der Waals surface area (Å²) in [5, 5.41) is 8.70. The van der Waals surface area contributed by atoms with Crippen molar-refractivity contribution in [1.29, 1.82) is 0 Å². The van der Waals surface area contributed by atoms with Gasteiger partial charge in [-0.2, -0.15) is 0 Å². The molecule has 0 aliphatic rings. The molecule has 0 saturated carbocycles. The maximum atomic E-state index is 12.1. The number of rotatable bonds is 4. The fourth-order valence-corrected chi connectivity index (χ4v) is 1.25. The van der Waals surface area contributed by atoms with Crippen LogP contribution in [0.15, 0.2) is 12.1 Å². The molecule has 18 heavy (non-hydrogen) atoms. The fourth-order valence-electron chi connectivity index (χ4n) is 1.25. The Bertz CT molecular complexity index is 481. The van der Waals surface area contributed by atoms with Crippen molar-refractivity contribution in [3.05, 3.63) is 23.3 Å². The quantitative estimate of drug-likeness (QED) is 0.843. The number of ether oxygens (including phenoxy) is 2. The summed E-state index contributed by atoms with van der Waals surface area (Å²) in [5.74, 6) is -2.85. The average molecular weight is 264 g/mol. The highest BCUT2D eigenvalue weighted by Gasteiger charge is 2.33. The highest BCUT2D eigenvalue weighted by molar-refractivity contribution is 5.92. The van der Waals surface area contributed by atoms with E-state index in [1.54, 1.807) is 0 Å². The number of carbonyl (C=O) groups is 2. The molecular weight excluding hydrogens is 257 g/mol. The van der Waals surface area contributed by atoms with E-state index in [4.69, 9.17) is 5.11 Å². The molecule has 0 aliphatic heterocycles. The first-order chi connectivity index (χ1) is 8.28. The van der Waals surface area contributed by atoms with Crippen molar-refractivity contribution in [1.82, 2.24) is 0 Å². The molecule has 1 N–H and O–H groups in total. The second-order valence-electron chi connectivity index (χ2n) is 3.07. The Morgan fingerprint density at radius 3 is 2.39 bits per heavy atom. The average Bonchev–Trinajstić information content (AvgIpc) is 2.25. The molecule has 98 valence electrons. The number of benzene rings is 1. The minimum atomic E-state index is -5.02. The third-order valence-electron chi connectivity index (χ3n) is 1.89. The van der Waals surface area contributed by atoms with Gasteiger partial charge in [0.25, 0.3) is 0 Å². The van der Waals surface area contributed by atoms with E-state index in [2.05, 4.69) is 9.47 Å². The summed E-state index contributed by atoms with van der Waals surface area (Å²) in [5.41, 5.74) is -0.867. The number of alkyl halides is 3. The van der Waals surface area contributed by atoms with Gasteiger partial charge in [-0.15, -0.1) is 13.2 Å². The molecule has 1 aromatic rings. The molecule has 0 bridgehead atoms.